The van der Waals surface area contributed by atoms with E-state index in [1.54, 1.807) is 13.0 Å². The zero-order valence-corrected chi connectivity index (χ0v) is 18.5. The van der Waals surface area contributed by atoms with Crippen molar-refractivity contribution < 1.29 is 22.5 Å². The summed E-state index contributed by atoms with van der Waals surface area (Å²) in [6.07, 6.45) is -5.01. The van der Waals surface area contributed by atoms with Gasteiger partial charge >= 0.3 is 12.1 Å². The maximum absolute atomic E-state index is 12.9. The lowest BCUT2D eigenvalue weighted by Gasteiger charge is -2.23. The molecule has 3 aromatic rings. The molecule has 10 heteroatoms. The van der Waals surface area contributed by atoms with Crippen LogP contribution in [0.15, 0.2) is 40.9 Å². The van der Waals surface area contributed by atoms with E-state index in [0.29, 0.717) is 28.1 Å². The molecule has 1 atom stereocenters. The lowest BCUT2D eigenvalue weighted by molar-refractivity contribution is -0.167. The molecule has 1 aromatic heterocycles. The van der Waals surface area contributed by atoms with Crippen LogP contribution in [-0.2, 0) is 10.5 Å². The number of anilines is 1. The maximum atomic E-state index is 12.9. The molecule has 0 fully saturated rings. The van der Waals surface area contributed by atoms with E-state index >= 15 is 0 Å². The van der Waals surface area contributed by atoms with Crippen LogP contribution < -0.4 is 5.32 Å². The van der Waals surface area contributed by atoms with Crippen molar-refractivity contribution in [2.75, 3.05) is 5.32 Å². The summed E-state index contributed by atoms with van der Waals surface area (Å²) >= 11 is 7.57. The number of carbonyl (C=O) groups is 1. The number of hydrogen-bond acceptors (Lipinski definition) is 5. The van der Waals surface area contributed by atoms with Crippen molar-refractivity contribution in [2.45, 2.75) is 38.0 Å². The fourth-order valence-electron chi connectivity index (χ4n) is 3.00. The molecular formula is C21H19ClF3N3O2S. The number of benzene rings is 2. The van der Waals surface area contributed by atoms with Gasteiger partial charge in [0.2, 0.25) is 5.89 Å². The third-order valence-corrected chi connectivity index (χ3v) is 5.95. The number of aromatic nitrogens is 2. The maximum Gasteiger partial charge on any atom is 0.471 e. The number of nitrogens with one attached hydrogen (secondary N) is 1. The third-order valence-electron chi connectivity index (χ3n) is 4.46. The van der Waals surface area contributed by atoms with E-state index in [1.165, 1.54) is 23.9 Å². The molecule has 31 heavy (non-hydrogen) atoms. The zero-order chi connectivity index (χ0) is 22.8. The van der Waals surface area contributed by atoms with Gasteiger partial charge in [-0.3, -0.25) is 4.79 Å². The molecule has 0 bridgehead atoms. The van der Waals surface area contributed by atoms with Crippen LogP contribution in [-0.4, -0.2) is 22.2 Å². The number of halogens is 4. The van der Waals surface area contributed by atoms with Crippen LogP contribution in [0.25, 0.3) is 0 Å². The first-order chi connectivity index (χ1) is 14.5. The molecule has 1 heterocycles. The summed E-state index contributed by atoms with van der Waals surface area (Å²) in [4.78, 5) is 15.8. The topological polar surface area (TPSA) is 68.0 Å². The van der Waals surface area contributed by atoms with Gasteiger partial charge in [0.05, 0.1) is 11.0 Å². The van der Waals surface area contributed by atoms with Crippen LogP contribution in [0.2, 0.25) is 5.02 Å². The number of nitrogens with zero attached hydrogens (tertiary/aromatic N) is 2. The highest BCUT2D eigenvalue weighted by Crippen LogP contribution is 2.43. The van der Waals surface area contributed by atoms with Gasteiger partial charge < -0.3 is 9.84 Å². The van der Waals surface area contributed by atoms with Crippen LogP contribution in [0, 0.1) is 20.8 Å². The van der Waals surface area contributed by atoms with Crippen molar-refractivity contribution in [1.82, 2.24) is 10.1 Å². The summed E-state index contributed by atoms with van der Waals surface area (Å²) in [6.45, 7) is 5.54. The molecule has 3 rings (SSSR count). The van der Waals surface area contributed by atoms with Gasteiger partial charge in [0.1, 0.15) is 0 Å². The normalized spacial score (nSPS) is 12.6. The Morgan fingerprint density at radius 3 is 2.55 bits per heavy atom. The molecule has 164 valence electrons. The third kappa shape index (κ3) is 5.80. The highest BCUT2D eigenvalue weighted by molar-refractivity contribution is 7.98. The van der Waals surface area contributed by atoms with Crippen LogP contribution in [0.5, 0.6) is 0 Å². The van der Waals surface area contributed by atoms with Gasteiger partial charge in [-0.15, -0.1) is 11.8 Å². The lowest BCUT2D eigenvalue weighted by Crippen LogP contribution is -2.30. The Morgan fingerprint density at radius 2 is 1.90 bits per heavy atom. The van der Waals surface area contributed by atoms with Gasteiger partial charge in [-0.1, -0.05) is 40.5 Å². The lowest BCUT2D eigenvalue weighted by atomic mass is 9.97. The van der Waals surface area contributed by atoms with Crippen LogP contribution >= 0.6 is 23.4 Å². The number of amides is 1. The summed E-state index contributed by atoms with van der Waals surface area (Å²) < 4.78 is 43.8. The first-order valence-electron chi connectivity index (χ1n) is 9.20. The number of carbonyl (C=O) groups excluding carboxylic acids is 1. The van der Waals surface area contributed by atoms with Crippen LogP contribution in [0.1, 0.15) is 39.2 Å². The molecule has 1 N–H and O–H groups in total. The highest BCUT2D eigenvalue weighted by Gasteiger charge is 2.39. The van der Waals surface area contributed by atoms with E-state index in [4.69, 9.17) is 16.1 Å². The fraction of sp³-hybridized carbons (Fsp3) is 0.286. The number of hydrogen-bond donors (Lipinski definition) is 1. The Morgan fingerprint density at radius 1 is 1.16 bits per heavy atom. The van der Waals surface area contributed by atoms with E-state index in [0.717, 1.165) is 16.7 Å². The van der Waals surface area contributed by atoms with Crippen molar-refractivity contribution >= 4 is 35.0 Å². The minimum Gasteiger partial charge on any atom is -0.338 e. The van der Waals surface area contributed by atoms with Crippen molar-refractivity contribution in [3.63, 3.8) is 0 Å². The number of aryl methyl sites for hydroxylation is 3. The molecule has 1 unspecified atom stereocenters. The second-order valence-corrected chi connectivity index (χ2v) is 8.50. The molecule has 0 saturated heterocycles. The van der Waals surface area contributed by atoms with E-state index in [9.17, 15) is 18.0 Å². The van der Waals surface area contributed by atoms with Crippen molar-refractivity contribution in [3.8, 4) is 0 Å². The molecule has 2 aromatic carbocycles. The SMILES string of the molecule is Cc1ccc(C)c(C(SCc2nc(C)no2)c2cc(Cl)ccc2NC(=O)C(F)(F)F)c1. The minimum atomic E-state index is -5.01. The zero-order valence-electron chi connectivity index (χ0n) is 16.9. The average molecular weight is 470 g/mol. The standard InChI is InChI=1S/C21H19ClF3N3O2S/c1-11-4-5-12(2)15(8-11)19(31-10-18-26-13(3)28-30-18)16-9-14(22)6-7-17(16)27-20(29)21(23,24)25/h4-9,19H,10H2,1-3H3,(H,27,29). The highest BCUT2D eigenvalue weighted by atomic mass is 35.5. The minimum absolute atomic E-state index is 0.0341. The first kappa shape index (κ1) is 23.1. The van der Waals surface area contributed by atoms with Crippen molar-refractivity contribution in [2.24, 2.45) is 0 Å². The predicted octanol–water partition coefficient (Wildman–Crippen LogP) is 6.17. The number of rotatable bonds is 6. The fourth-order valence-corrected chi connectivity index (χ4v) is 4.42. The van der Waals surface area contributed by atoms with Gasteiger partial charge in [0, 0.05) is 10.7 Å². The van der Waals surface area contributed by atoms with Crippen LogP contribution in [0.4, 0.5) is 18.9 Å². The van der Waals surface area contributed by atoms with E-state index < -0.39 is 17.3 Å². The quantitative estimate of drug-likeness (QED) is 0.467. The molecule has 0 saturated carbocycles. The van der Waals surface area contributed by atoms with Crippen LogP contribution in [0.3, 0.4) is 0 Å². The van der Waals surface area contributed by atoms with Gasteiger partial charge in [0.25, 0.3) is 0 Å². The van der Waals surface area contributed by atoms with Crippen molar-refractivity contribution in [3.05, 3.63) is 75.4 Å². The van der Waals surface area contributed by atoms with E-state index in [2.05, 4.69) is 10.1 Å². The van der Waals surface area contributed by atoms with Gasteiger partial charge in [-0.2, -0.15) is 18.2 Å². The van der Waals surface area contributed by atoms with Gasteiger partial charge in [0.15, 0.2) is 5.82 Å². The molecule has 0 aliphatic carbocycles. The Balaban J connectivity index is 2.06. The van der Waals surface area contributed by atoms with E-state index in [1.807, 2.05) is 37.4 Å². The Labute approximate surface area is 186 Å². The molecule has 0 aliphatic heterocycles. The summed E-state index contributed by atoms with van der Waals surface area (Å²) in [5.74, 6) is -0.855. The Bertz CT molecular complexity index is 1100. The first-order valence-corrected chi connectivity index (χ1v) is 10.6. The monoisotopic (exact) mass is 469 g/mol. The average Bonchev–Trinajstić information content (AvgIpc) is 3.10. The number of alkyl halides is 3. The Hall–Kier alpha value is -2.52. The molecule has 1 amide bonds. The Kier molecular flexibility index (Phi) is 6.96. The smallest absolute Gasteiger partial charge is 0.338 e. The summed E-state index contributed by atoms with van der Waals surface area (Å²) in [5, 5.41) is 5.63. The van der Waals surface area contributed by atoms with Gasteiger partial charge in [-0.25, -0.2) is 0 Å². The largest absolute Gasteiger partial charge is 0.471 e. The van der Waals surface area contributed by atoms with Gasteiger partial charge in [-0.05, 0) is 55.7 Å². The molecule has 0 radical (unpaired) electrons. The second-order valence-electron chi connectivity index (χ2n) is 6.97. The second kappa shape index (κ2) is 9.32. The molecular weight excluding hydrogens is 451 g/mol. The van der Waals surface area contributed by atoms with Crippen molar-refractivity contribution in [1.29, 1.82) is 0 Å². The molecule has 0 spiro atoms. The molecule has 5 nitrogen and oxygen atoms in total. The summed E-state index contributed by atoms with van der Waals surface area (Å²) in [6, 6.07) is 10.2. The summed E-state index contributed by atoms with van der Waals surface area (Å²) in [7, 11) is 0. The number of thioether (sulfide) groups is 1. The van der Waals surface area contributed by atoms with E-state index in [-0.39, 0.29) is 5.69 Å². The molecule has 0 aliphatic rings. The summed E-state index contributed by atoms with van der Waals surface area (Å²) in [5.41, 5.74) is 3.29. The predicted molar refractivity (Wildman–Crippen MR) is 114 cm³/mol.